The lowest BCUT2D eigenvalue weighted by Gasteiger charge is -2.06. The van der Waals surface area contributed by atoms with Crippen LogP contribution in [0.3, 0.4) is 0 Å². The van der Waals surface area contributed by atoms with Gasteiger partial charge in [-0.05, 0) is 31.4 Å². The van der Waals surface area contributed by atoms with Crippen LogP contribution in [0.15, 0.2) is 0 Å². The van der Waals surface area contributed by atoms with Crippen molar-refractivity contribution in [3.63, 3.8) is 0 Å². The molecule has 0 heterocycles. The smallest absolute Gasteiger partial charge is 0.381 e. The lowest BCUT2D eigenvalue weighted by molar-refractivity contribution is 0.127. The second-order valence-corrected chi connectivity index (χ2v) is 9.16. The van der Waals surface area contributed by atoms with E-state index in [1.807, 2.05) is 0 Å². The second-order valence-electron chi connectivity index (χ2n) is 6.70. The van der Waals surface area contributed by atoms with Crippen LogP contribution in [0.1, 0.15) is 77.6 Å². The Morgan fingerprint density at radius 2 is 1.19 bits per heavy atom. The van der Waals surface area contributed by atoms with Crippen molar-refractivity contribution in [1.29, 1.82) is 0 Å². The molecule has 0 unspecified atom stereocenters. The standard InChI is InChI=1S/C19H41O6PS/c1-2-3-13-23-14-10-8-6-4-5-7-9-11-15-24-17-19-27-18-12-16-25-26(20,21)22/h2-19H2,1H3,(H2,20,21,22). The summed E-state index contributed by atoms with van der Waals surface area (Å²) >= 11 is 1.72. The molecule has 2 N–H and O–H groups in total. The molecule has 0 aliphatic carbocycles. The third kappa shape index (κ3) is 26.4. The van der Waals surface area contributed by atoms with Crippen molar-refractivity contribution in [1.82, 2.24) is 0 Å². The molecular weight excluding hydrogens is 387 g/mol. The molecule has 8 heteroatoms. The van der Waals surface area contributed by atoms with Gasteiger partial charge in [-0.1, -0.05) is 51.9 Å². The van der Waals surface area contributed by atoms with Crippen molar-refractivity contribution in [2.75, 3.05) is 44.5 Å². The van der Waals surface area contributed by atoms with Crippen molar-refractivity contribution < 1.29 is 28.3 Å². The Labute approximate surface area is 170 Å². The van der Waals surface area contributed by atoms with E-state index < -0.39 is 7.82 Å². The summed E-state index contributed by atoms with van der Waals surface area (Å²) in [7, 11) is -4.30. The first-order valence-corrected chi connectivity index (χ1v) is 13.2. The first-order valence-electron chi connectivity index (χ1n) is 10.5. The number of unbranched alkanes of at least 4 members (excludes halogenated alkanes) is 8. The molecule has 0 aliphatic heterocycles. The van der Waals surface area contributed by atoms with Gasteiger partial charge >= 0.3 is 7.82 Å². The molecule has 0 rings (SSSR count). The van der Waals surface area contributed by atoms with E-state index >= 15 is 0 Å². The average Bonchev–Trinajstić information content (AvgIpc) is 2.62. The Bertz CT molecular complexity index is 340. The summed E-state index contributed by atoms with van der Waals surface area (Å²) in [4.78, 5) is 17.1. The normalized spacial score (nSPS) is 12.0. The predicted molar refractivity (Wildman–Crippen MR) is 113 cm³/mol. The largest absolute Gasteiger partial charge is 0.469 e. The Morgan fingerprint density at radius 3 is 1.74 bits per heavy atom. The van der Waals surface area contributed by atoms with Gasteiger partial charge in [0.2, 0.25) is 0 Å². The van der Waals surface area contributed by atoms with E-state index in [0.29, 0.717) is 6.42 Å². The highest BCUT2D eigenvalue weighted by molar-refractivity contribution is 7.99. The molecule has 164 valence electrons. The summed E-state index contributed by atoms with van der Waals surface area (Å²) in [5.41, 5.74) is 0. The van der Waals surface area contributed by atoms with E-state index in [2.05, 4.69) is 11.4 Å². The number of hydrogen-bond acceptors (Lipinski definition) is 5. The van der Waals surface area contributed by atoms with Crippen molar-refractivity contribution in [3.05, 3.63) is 0 Å². The lowest BCUT2D eigenvalue weighted by Crippen LogP contribution is -2.01. The first-order chi connectivity index (χ1) is 13.1. The van der Waals surface area contributed by atoms with Crippen LogP contribution in [-0.2, 0) is 18.6 Å². The number of hydrogen-bond donors (Lipinski definition) is 2. The Kier molecular flexibility index (Phi) is 21.4. The zero-order valence-corrected chi connectivity index (χ0v) is 18.8. The summed E-state index contributed by atoms with van der Waals surface area (Å²) in [5, 5.41) is 0. The van der Waals surface area contributed by atoms with E-state index in [4.69, 9.17) is 19.3 Å². The maximum atomic E-state index is 10.5. The minimum absolute atomic E-state index is 0.102. The minimum Gasteiger partial charge on any atom is -0.381 e. The third-order valence-corrected chi connectivity index (χ3v) is 5.59. The van der Waals surface area contributed by atoms with Crippen molar-refractivity contribution in [3.8, 4) is 0 Å². The highest BCUT2D eigenvalue weighted by Crippen LogP contribution is 2.35. The van der Waals surface area contributed by atoms with Gasteiger partial charge in [0, 0.05) is 25.6 Å². The van der Waals surface area contributed by atoms with Gasteiger partial charge in [0.25, 0.3) is 0 Å². The number of ether oxygens (including phenoxy) is 2. The van der Waals surface area contributed by atoms with Crippen LogP contribution in [0.2, 0.25) is 0 Å². The Balaban J connectivity index is 3.02. The molecule has 0 aliphatic rings. The Hall–Kier alpha value is 0.380. The lowest BCUT2D eigenvalue weighted by atomic mass is 10.1. The van der Waals surface area contributed by atoms with Crippen LogP contribution in [-0.4, -0.2) is 54.3 Å². The summed E-state index contributed by atoms with van der Waals surface area (Å²) in [5.74, 6) is 1.74. The molecule has 0 spiro atoms. The fraction of sp³-hybridized carbons (Fsp3) is 1.00. The van der Waals surface area contributed by atoms with Crippen molar-refractivity contribution in [2.24, 2.45) is 0 Å². The molecule has 0 saturated carbocycles. The van der Waals surface area contributed by atoms with Gasteiger partial charge in [-0.3, -0.25) is 4.52 Å². The van der Waals surface area contributed by atoms with Gasteiger partial charge in [-0.15, -0.1) is 0 Å². The van der Waals surface area contributed by atoms with Crippen molar-refractivity contribution in [2.45, 2.75) is 77.6 Å². The molecule has 0 atom stereocenters. The number of rotatable bonds is 22. The Morgan fingerprint density at radius 1 is 0.667 bits per heavy atom. The van der Waals surface area contributed by atoms with E-state index in [9.17, 15) is 4.57 Å². The SMILES string of the molecule is CCCCOCCCCCCCCCCOCCSCCCOP(=O)(O)O. The van der Waals surface area contributed by atoms with E-state index in [-0.39, 0.29) is 6.61 Å². The second kappa shape index (κ2) is 21.1. The topological polar surface area (TPSA) is 85.2 Å². The van der Waals surface area contributed by atoms with Gasteiger partial charge in [-0.25, -0.2) is 4.57 Å². The van der Waals surface area contributed by atoms with Crippen LogP contribution in [0, 0.1) is 0 Å². The van der Waals surface area contributed by atoms with E-state index in [1.165, 1.54) is 57.8 Å². The molecule has 0 fully saturated rings. The third-order valence-electron chi connectivity index (χ3n) is 4.03. The quantitative estimate of drug-likeness (QED) is 0.182. The molecular formula is C19H41O6PS. The van der Waals surface area contributed by atoms with Crippen molar-refractivity contribution >= 4 is 19.6 Å². The number of phosphoric ester groups is 1. The van der Waals surface area contributed by atoms with E-state index in [1.54, 1.807) is 11.8 Å². The molecule has 0 amide bonds. The highest BCUT2D eigenvalue weighted by Gasteiger charge is 2.12. The average molecular weight is 429 g/mol. The van der Waals surface area contributed by atoms with Crippen LogP contribution >= 0.6 is 19.6 Å². The first kappa shape index (κ1) is 27.4. The summed E-state index contributed by atoms with van der Waals surface area (Å²) in [6.07, 6.45) is 13.2. The van der Waals surface area contributed by atoms with Gasteiger partial charge in [0.1, 0.15) is 0 Å². The minimum atomic E-state index is -4.30. The van der Waals surface area contributed by atoms with Gasteiger partial charge in [0.05, 0.1) is 13.2 Å². The maximum Gasteiger partial charge on any atom is 0.469 e. The molecule has 0 aromatic heterocycles. The van der Waals surface area contributed by atoms with Gasteiger partial charge in [0.15, 0.2) is 0 Å². The predicted octanol–water partition coefficient (Wildman–Crippen LogP) is 5.17. The fourth-order valence-electron chi connectivity index (χ4n) is 2.48. The fourth-order valence-corrected chi connectivity index (χ4v) is 3.61. The van der Waals surface area contributed by atoms with Crippen LogP contribution in [0.25, 0.3) is 0 Å². The van der Waals surface area contributed by atoms with Gasteiger partial charge < -0.3 is 19.3 Å². The highest BCUT2D eigenvalue weighted by atomic mass is 32.2. The number of thioether (sulfide) groups is 1. The molecule has 0 aromatic rings. The summed E-state index contributed by atoms with van der Waals surface area (Å²) in [6, 6.07) is 0. The maximum absolute atomic E-state index is 10.5. The molecule has 0 radical (unpaired) electrons. The monoisotopic (exact) mass is 428 g/mol. The molecule has 6 nitrogen and oxygen atoms in total. The van der Waals surface area contributed by atoms with Crippen LogP contribution in [0.4, 0.5) is 0 Å². The molecule has 0 aromatic carbocycles. The summed E-state index contributed by atoms with van der Waals surface area (Å²) in [6.45, 7) is 5.71. The number of phosphoric acid groups is 1. The van der Waals surface area contributed by atoms with Gasteiger partial charge in [-0.2, -0.15) is 11.8 Å². The molecule has 0 bridgehead atoms. The molecule has 27 heavy (non-hydrogen) atoms. The van der Waals surface area contributed by atoms with E-state index in [0.717, 1.165) is 44.4 Å². The molecule has 0 saturated heterocycles. The zero-order valence-electron chi connectivity index (χ0n) is 17.1. The van der Waals surface area contributed by atoms with Crippen LogP contribution < -0.4 is 0 Å². The van der Waals surface area contributed by atoms with Crippen LogP contribution in [0.5, 0.6) is 0 Å². The zero-order chi connectivity index (χ0) is 20.1. The summed E-state index contributed by atoms with van der Waals surface area (Å²) < 4.78 is 26.0.